The molecule has 5 heteroatoms. The number of phenolic OH excluding ortho intramolecular Hbond substituents is 1. The first kappa shape index (κ1) is 16.1. The first-order chi connectivity index (χ1) is 11.5. The van der Waals surface area contributed by atoms with Crippen LogP contribution in [0.1, 0.15) is 5.56 Å². The van der Waals surface area contributed by atoms with Crippen molar-refractivity contribution in [1.29, 1.82) is 0 Å². The first-order valence-corrected chi connectivity index (χ1v) is 8.92. The van der Waals surface area contributed by atoms with Gasteiger partial charge >= 0.3 is 0 Å². The van der Waals surface area contributed by atoms with E-state index in [9.17, 15) is 13.5 Å². The molecule has 0 atom stereocenters. The van der Waals surface area contributed by atoms with Crippen LogP contribution in [0, 0.1) is 6.92 Å². The van der Waals surface area contributed by atoms with Gasteiger partial charge in [0, 0.05) is 6.07 Å². The van der Waals surface area contributed by atoms with Gasteiger partial charge in [-0.1, -0.05) is 48.5 Å². The van der Waals surface area contributed by atoms with Gasteiger partial charge < -0.3 is 5.11 Å². The number of anilines is 1. The molecule has 4 nitrogen and oxygen atoms in total. The number of nitrogens with one attached hydrogen (secondary N) is 1. The molecule has 2 N–H and O–H groups in total. The van der Waals surface area contributed by atoms with E-state index < -0.39 is 10.0 Å². The fourth-order valence-corrected chi connectivity index (χ4v) is 3.39. The molecular weight excluding hydrogens is 322 g/mol. The van der Waals surface area contributed by atoms with E-state index in [0.29, 0.717) is 11.3 Å². The van der Waals surface area contributed by atoms with Crippen molar-refractivity contribution >= 4 is 15.7 Å². The molecule has 0 spiro atoms. The maximum absolute atomic E-state index is 12.5. The SMILES string of the molecule is Cc1ccc(NS(=O)(=O)c2ccc(-c3ccccc3)cc2)cc1O. The van der Waals surface area contributed by atoms with Crippen molar-refractivity contribution in [1.82, 2.24) is 0 Å². The number of sulfonamides is 1. The zero-order valence-electron chi connectivity index (χ0n) is 13.1. The van der Waals surface area contributed by atoms with Gasteiger partial charge in [0.1, 0.15) is 5.75 Å². The average molecular weight is 339 g/mol. The maximum atomic E-state index is 12.5. The maximum Gasteiger partial charge on any atom is 0.261 e. The third kappa shape index (κ3) is 3.41. The topological polar surface area (TPSA) is 66.4 Å². The lowest BCUT2D eigenvalue weighted by Crippen LogP contribution is -2.12. The van der Waals surface area contributed by atoms with Crippen molar-refractivity contribution in [3.05, 3.63) is 78.4 Å². The number of phenols is 1. The highest BCUT2D eigenvalue weighted by atomic mass is 32.2. The highest BCUT2D eigenvalue weighted by Gasteiger charge is 2.14. The van der Waals surface area contributed by atoms with E-state index in [2.05, 4.69) is 4.72 Å². The Hall–Kier alpha value is -2.79. The molecule has 3 rings (SSSR count). The van der Waals surface area contributed by atoms with E-state index in [1.807, 2.05) is 30.3 Å². The van der Waals surface area contributed by atoms with Crippen LogP contribution < -0.4 is 4.72 Å². The summed E-state index contributed by atoms with van der Waals surface area (Å²) in [4.78, 5) is 0.169. The Morgan fingerprint density at radius 3 is 2.08 bits per heavy atom. The minimum absolute atomic E-state index is 0.0506. The predicted molar refractivity (Wildman–Crippen MR) is 95.5 cm³/mol. The molecule has 0 aromatic heterocycles. The van der Waals surface area contributed by atoms with Crippen molar-refractivity contribution in [3.63, 3.8) is 0 Å². The van der Waals surface area contributed by atoms with Crippen LogP contribution in [-0.2, 0) is 10.0 Å². The molecule has 3 aromatic rings. The van der Waals surface area contributed by atoms with Crippen molar-refractivity contribution in [2.75, 3.05) is 4.72 Å². The largest absolute Gasteiger partial charge is 0.508 e. The summed E-state index contributed by atoms with van der Waals surface area (Å²) >= 11 is 0. The van der Waals surface area contributed by atoms with E-state index in [4.69, 9.17) is 0 Å². The molecule has 3 aromatic carbocycles. The van der Waals surface area contributed by atoms with Crippen molar-refractivity contribution in [3.8, 4) is 16.9 Å². The molecule has 0 aliphatic carbocycles. The second-order valence-corrected chi connectivity index (χ2v) is 7.18. The molecule has 0 radical (unpaired) electrons. The lowest BCUT2D eigenvalue weighted by molar-refractivity contribution is 0.471. The monoisotopic (exact) mass is 339 g/mol. The van der Waals surface area contributed by atoms with E-state index in [1.54, 1.807) is 43.3 Å². The van der Waals surface area contributed by atoms with Gasteiger partial charge in [0.15, 0.2) is 0 Å². The van der Waals surface area contributed by atoms with Crippen LogP contribution in [0.25, 0.3) is 11.1 Å². The summed E-state index contributed by atoms with van der Waals surface area (Å²) in [6.07, 6.45) is 0. The summed E-state index contributed by atoms with van der Waals surface area (Å²) in [7, 11) is -3.70. The molecule has 122 valence electrons. The second kappa shape index (κ2) is 6.37. The molecule has 0 fully saturated rings. The van der Waals surface area contributed by atoms with Crippen molar-refractivity contribution in [2.24, 2.45) is 0 Å². The highest BCUT2D eigenvalue weighted by Crippen LogP contribution is 2.25. The summed E-state index contributed by atoms with van der Waals surface area (Å²) in [5.41, 5.74) is 2.98. The molecule has 0 unspecified atom stereocenters. The third-order valence-electron chi connectivity index (χ3n) is 3.73. The number of aromatic hydroxyl groups is 1. The van der Waals surface area contributed by atoms with Crippen LogP contribution in [0.15, 0.2) is 77.7 Å². The normalized spacial score (nSPS) is 11.2. The van der Waals surface area contributed by atoms with Crippen molar-refractivity contribution in [2.45, 2.75) is 11.8 Å². The number of hydrogen-bond acceptors (Lipinski definition) is 3. The Balaban J connectivity index is 1.86. The first-order valence-electron chi connectivity index (χ1n) is 7.44. The Morgan fingerprint density at radius 1 is 0.833 bits per heavy atom. The summed E-state index contributed by atoms with van der Waals surface area (Å²) < 4.78 is 27.4. The lowest BCUT2D eigenvalue weighted by atomic mass is 10.1. The number of aryl methyl sites for hydroxylation is 1. The van der Waals surface area contributed by atoms with E-state index >= 15 is 0 Å². The Labute approximate surface area is 141 Å². The minimum atomic E-state index is -3.70. The zero-order chi connectivity index (χ0) is 17.2. The molecule has 0 heterocycles. The zero-order valence-corrected chi connectivity index (χ0v) is 13.9. The summed E-state index contributed by atoms with van der Waals surface area (Å²) in [6.45, 7) is 1.75. The number of hydrogen-bond donors (Lipinski definition) is 2. The van der Waals surface area contributed by atoms with Gasteiger partial charge in [-0.15, -0.1) is 0 Å². The molecule has 0 amide bonds. The molecule has 0 bridgehead atoms. The summed E-state index contributed by atoms with van der Waals surface area (Å²) in [6, 6.07) is 21.1. The molecule has 0 saturated heterocycles. The molecule has 0 aliphatic rings. The molecule has 0 aliphatic heterocycles. The van der Waals surface area contributed by atoms with Crippen LogP contribution in [0.2, 0.25) is 0 Å². The van der Waals surface area contributed by atoms with Gasteiger partial charge in [-0.25, -0.2) is 8.42 Å². The minimum Gasteiger partial charge on any atom is -0.508 e. The predicted octanol–water partition coefficient (Wildman–Crippen LogP) is 4.17. The summed E-state index contributed by atoms with van der Waals surface area (Å²) in [5.74, 6) is 0.0506. The Morgan fingerprint density at radius 2 is 1.46 bits per heavy atom. The van der Waals surface area contributed by atoms with Gasteiger partial charge in [0.05, 0.1) is 10.6 Å². The van der Waals surface area contributed by atoms with Crippen LogP contribution in [0.4, 0.5) is 5.69 Å². The average Bonchev–Trinajstić information content (AvgIpc) is 2.59. The standard InChI is InChI=1S/C19H17NO3S/c1-14-7-10-17(13-19(14)21)20-24(22,23)18-11-8-16(9-12-18)15-5-3-2-4-6-15/h2-13,20-21H,1H3. The lowest BCUT2D eigenvalue weighted by Gasteiger charge is -2.10. The fraction of sp³-hybridized carbons (Fsp3) is 0.0526. The second-order valence-electron chi connectivity index (χ2n) is 5.50. The molecular formula is C19H17NO3S. The highest BCUT2D eigenvalue weighted by molar-refractivity contribution is 7.92. The van der Waals surface area contributed by atoms with Gasteiger partial charge in [0.2, 0.25) is 0 Å². The molecule has 0 saturated carbocycles. The van der Waals surface area contributed by atoms with Gasteiger partial charge in [0.25, 0.3) is 10.0 Å². The number of rotatable bonds is 4. The third-order valence-corrected chi connectivity index (χ3v) is 5.13. The summed E-state index contributed by atoms with van der Waals surface area (Å²) in [5, 5.41) is 9.70. The van der Waals surface area contributed by atoms with Crippen LogP contribution in [0.5, 0.6) is 5.75 Å². The van der Waals surface area contributed by atoms with Gasteiger partial charge in [-0.05, 0) is 41.8 Å². The van der Waals surface area contributed by atoms with E-state index in [-0.39, 0.29) is 10.6 Å². The van der Waals surface area contributed by atoms with Gasteiger partial charge in [-0.3, -0.25) is 4.72 Å². The van der Waals surface area contributed by atoms with Crippen LogP contribution >= 0.6 is 0 Å². The van der Waals surface area contributed by atoms with Gasteiger partial charge in [-0.2, -0.15) is 0 Å². The van der Waals surface area contributed by atoms with Crippen molar-refractivity contribution < 1.29 is 13.5 Å². The smallest absolute Gasteiger partial charge is 0.261 e. The van der Waals surface area contributed by atoms with Crippen LogP contribution in [0.3, 0.4) is 0 Å². The Bertz CT molecular complexity index is 950. The Kier molecular flexibility index (Phi) is 4.27. The van der Waals surface area contributed by atoms with E-state index in [0.717, 1.165) is 11.1 Å². The number of benzene rings is 3. The molecule has 24 heavy (non-hydrogen) atoms. The quantitative estimate of drug-likeness (QED) is 0.750. The van der Waals surface area contributed by atoms with Crippen LogP contribution in [-0.4, -0.2) is 13.5 Å². The fourth-order valence-electron chi connectivity index (χ4n) is 2.34. The van der Waals surface area contributed by atoms with E-state index in [1.165, 1.54) is 6.07 Å².